The van der Waals surface area contributed by atoms with Crippen LogP contribution in [0.1, 0.15) is 32.1 Å². The summed E-state index contributed by atoms with van der Waals surface area (Å²) in [6.45, 7) is -0.149. The Hall–Kier alpha value is -10.1. The van der Waals surface area contributed by atoms with E-state index in [1.165, 1.54) is 154 Å². The molecule has 0 unspecified atom stereocenters. The Kier molecular flexibility index (Phi) is 11.3. The van der Waals surface area contributed by atoms with Gasteiger partial charge in [-0.1, -0.05) is 243 Å². The standard InChI is InChI=1S/C81H61BN4/c1-6-22-55(23-7-1)60-40-43-75-72(49-60)82-71-42-41-61(83-62-45-53-44-54(47-62)48-63(83)46-53)50-76(71)86(81-67(58-28-12-4-13-29-58)36-21-37-68(81)59-30-14-5-15-31-59)78-52-64(84-73-38-18-16-32-69(73)70-33-17-19-39-74(70)84)51-77(79(78)82)85(75)80-65(56-24-8-2-9-25-56)34-20-35-66(80)57-26-10-3-11-27-57/h1-43,49-54,62-63H,44-48H2. The molecule has 0 atom stereocenters. The van der Waals surface area contributed by atoms with Crippen LogP contribution in [0.4, 0.5) is 39.8 Å². The van der Waals surface area contributed by atoms with Gasteiger partial charge in [0.1, 0.15) is 0 Å². The second-order valence-corrected chi connectivity index (χ2v) is 24.7. The van der Waals surface area contributed by atoms with Crippen LogP contribution in [0.2, 0.25) is 0 Å². The zero-order valence-electron chi connectivity index (χ0n) is 47.8. The van der Waals surface area contributed by atoms with Crippen LogP contribution >= 0.6 is 0 Å². The molecule has 2 saturated carbocycles. The highest BCUT2D eigenvalue weighted by Crippen LogP contribution is 2.56. The maximum atomic E-state index is 2.90. The lowest BCUT2D eigenvalue weighted by Gasteiger charge is -2.57. The van der Waals surface area contributed by atoms with Gasteiger partial charge in [0.2, 0.25) is 0 Å². The summed E-state index contributed by atoms with van der Waals surface area (Å²) in [6, 6.07) is 109. The van der Waals surface area contributed by atoms with E-state index in [0.29, 0.717) is 12.1 Å². The Bertz CT molecular complexity index is 4590. The zero-order chi connectivity index (χ0) is 56.4. The molecule has 86 heavy (non-hydrogen) atoms. The number of rotatable bonds is 9. The van der Waals surface area contributed by atoms with Gasteiger partial charge in [0.05, 0.1) is 28.1 Å². The van der Waals surface area contributed by atoms with Crippen LogP contribution in [0.15, 0.2) is 285 Å². The van der Waals surface area contributed by atoms with Crippen molar-refractivity contribution in [2.75, 3.05) is 14.7 Å². The number of anilines is 7. The average Bonchev–Trinajstić information content (AvgIpc) is 0.864. The zero-order valence-corrected chi connectivity index (χ0v) is 47.8. The monoisotopic (exact) mass is 1100 g/mol. The molecule has 4 fully saturated rings. The average molecular weight is 1100 g/mol. The molecule has 0 radical (unpaired) electrons. The van der Waals surface area contributed by atoms with Crippen molar-refractivity contribution in [1.29, 1.82) is 0 Å². The summed E-state index contributed by atoms with van der Waals surface area (Å²) in [5.74, 6) is 1.68. The number of benzene rings is 12. The van der Waals surface area contributed by atoms with Gasteiger partial charge < -0.3 is 19.3 Å². The summed E-state index contributed by atoms with van der Waals surface area (Å²) < 4.78 is 2.55. The van der Waals surface area contributed by atoms with Gasteiger partial charge in [0, 0.05) is 73.5 Å². The largest absolute Gasteiger partial charge is 0.365 e. The summed E-state index contributed by atoms with van der Waals surface area (Å²) in [5.41, 5.74) is 27.6. The topological polar surface area (TPSA) is 14.7 Å². The quantitative estimate of drug-likeness (QED) is 0.134. The van der Waals surface area contributed by atoms with E-state index in [1.807, 2.05) is 0 Å². The highest BCUT2D eigenvalue weighted by molar-refractivity contribution is 7.00. The Labute approximate surface area is 503 Å². The smallest absolute Gasteiger partial charge is 0.252 e. The predicted molar refractivity (Wildman–Crippen MR) is 362 cm³/mol. The van der Waals surface area contributed by atoms with Crippen molar-refractivity contribution in [2.24, 2.45) is 11.8 Å². The molecule has 408 valence electrons. The normalized spacial score (nSPS) is 17.9. The molecule has 13 aromatic rings. The number of nitrogens with zero attached hydrogens (tertiary/aromatic N) is 4. The lowest BCUT2D eigenvalue weighted by Crippen LogP contribution is -2.62. The number of piperidine rings is 2. The van der Waals surface area contributed by atoms with Crippen molar-refractivity contribution < 1.29 is 0 Å². The fourth-order valence-corrected chi connectivity index (χ4v) is 16.7. The molecule has 0 amide bonds. The minimum absolute atomic E-state index is 0.149. The highest BCUT2D eigenvalue weighted by Gasteiger charge is 2.49. The van der Waals surface area contributed by atoms with E-state index >= 15 is 0 Å². The molecule has 0 N–H and O–H groups in total. The third-order valence-electron chi connectivity index (χ3n) is 20.0. The Morgan fingerprint density at radius 1 is 0.291 bits per heavy atom. The minimum atomic E-state index is -0.149. The van der Waals surface area contributed by atoms with Crippen molar-refractivity contribution >= 4 is 84.7 Å². The molecule has 5 heterocycles. The van der Waals surface area contributed by atoms with Gasteiger partial charge >= 0.3 is 0 Å². The molecule has 5 heteroatoms. The van der Waals surface area contributed by atoms with Crippen LogP contribution in [0.25, 0.3) is 83.1 Å². The van der Waals surface area contributed by atoms with E-state index in [2.05, 4.69) is 304 Å². The van der Waals surface area contributed by atoms with Gasteiger partial charge in [-0.25, -0.2) is 0 Å². The molecule has 4 nitrogen and oxygen atoms in total. The third-order valence-corrected chi connectivity index (χ3v) is 20.0. The minimum Gasteiger partial charge on any atom is -0.365 e. The van der Waals surface area contributed by atoms with Gasteiger partial charge in [-0.2, -0.15) is 0 Å². The first-order chi connectivity index (χ1) is 42.7. The summed E-state index contributed by atoms with van der Waals surface area (Å²) in [4.78, 5) is 8.33. The van der Waals surface area contributed by atoms with Crippen LogP contribution in [0, 0.1) is 11.8 Å². The number of para-hydroxylation sites is 4. The summed E-state index contributed by atoms with van der Waals surface area (Å²) >= 11 is 0. The van der Waals surface area contributed by atoms with Crippen LogP contribution in [-0.4, -0.2) is 23.4 Å². The van der Waals surface area contributed by atoms with Crippen molar-refractivity contribution in [3.63, 3.8) is 0 Å². The van der Waals surface area contributed by atoms with Crippen molar-refractivity contribution in [3.8, 4) is 61.3 Å². The number of hydrogen-bond donors (Lipinski definition) is 0. The van der Waals surface area contributed by atoms with E-state index in [-0.39, 0.29) is 6.71 Å². The van der Waals surface area contributed by atoms with Crippen LogP contribution in [0.5, 0.6) is 0 Å². The Morgan fingerprint density at radius 3 is 1.19 bits per heavy atom. The Morgan fingerprint density at radius 2 is 0.709 bits per heavy atom. The fourth-order valence-electron chi connectivity index (χ4n) is 16.7. The Balaban J connectivity index is 1.02. The molecule has 19 rings (SSSR count). The molecule has 6 aliphatic rings. The maximum absolute atomic E-state index is 2.90. The number of hydrogen-bond acceptors (Lipinski definition) is 3. The first-order valence-corrected chi connectivity index (χ1v) is 31.0. The van der Waals surface area contributed by atoms with E-state index in [1.54, 1.807) is 0 Å². The van der Waals surface area contributed by atoms with Crippen molar-refractivity contribution in [2.45, 2.75) is 44.2 Å². The second kappa shape index (κ2) is 19.8. The maximum Gasteiger partial charge on any atom is 0.252 e. The van der Waals surface area contributed by atoms with Gasteiger partial charge in [0.15, 0.2) is 0 Å². The molecule has 12 aromatic carbocycles. The van der Waals surface area contributed by atoms with E-state index in [4.69, 9.17) is 0 Å². The first-order valence-electron chi connectivity index (χ1n) is 31.0. The lowest BCUT2D eigenvalue weighted by molar-refractivity contribution is 0.0900. The van der Waals surface area contributed by atoms with Gasteiger partial charge in [-0.15, -0.1) is 0 Å². The first kappa shape index (κ1) is 49.3. The van der Waals surface area contributed by atoms with Crippen LogP contribution in [-0.2, 0) is 0 Å². The van der Waals surface area contributed by atoms with Crippen molar-refractivity contribution in [3.05, 3.63) is 285 Å². The molecule has 1 aromatic heterocycles. The number of fused-ring (bicyclic) bond motifs is 7. The van der Waals surface area contributed by atoms with E-state index < -0.39 is 0 Å². The summed E-state index contributed by atoms with van der Waals surface area (Å²) in [5, 5.41) is 2.47. The second-order valence-electron chi connectivity index (χ2n) is 24.7. The predicted octanol–water partition coefficient (Wildman–Crippen LogP) is 19.0. The summed E-state index contributed by atoms with van der Waals surface area (Å²) in [7, 11) is 0. The van der Waals surface area contributed by atoms with Crippen LogP contribution in [0.3, 0.4) is 0 Å². The highest BCUT2D eigenvalue weighted by atomic mass is 15.2. The van der Waals surface area contributed by atoms with Crippen molar-refractivity contribution in [1.82, 2.24) is 4.57 Å². The molecule has 0 spiro atoms. The molecule has 4 bridgehead atoms. The molecule has 2 saturated heterocycles. The van der Waals surface area contributed by atoms with Crippen LogP contribution < -0.4 is 31.1 Å². The SMILES string of the molecule is c1ccc(-c2ccc3c(c2)B2c4ccc(N5C6CC7CC(C6)CC5C7)cc4N(c4c(-c5ccccc5)cccc4-c4ccccc4)c4cc(-n5c6ccccc6c6ccccc65)cc(c42)N3c2c(-c3ccccc3)cccc2-c2ccccc2)cc1. The van der Waals surface area contributed by atoms with E-state index in [9.17, 15) is 0 Å². The molecule has 4 aliphatic heterocycles. The fraction of sp³-hybridized carbons (Fsp3) is 0.111. The summed E-state index contributed by atoms with van der Waals surface area (Å²) in [6.07, 6.45) is 6.58. The van der Waals surface area contributed by atoms with Gasteiger partial charge in [-0.3, -0.25) is 0 Å². The molecular weight excluding hydrogens is 1040 g/mol. The number of aromatic nitrogens is 1. The lowest BCUT2D eigenvalue weighted by atomic mass is 9.33. The van der Waals surface area contributed by atoms with E-state index in [0.717, 1.165) is 28.9 Å². The molecule has 2 aliphatic carbocycles. The molecular formula is C81H61BN4. The third kappa shape index (κ3) is 7.70. The van der Waals surface area contributed by atoms with Gasteiger partial charge in [0.25, 0.3) is 6.71 Å². The van der Waals surface area contributed by atoms with Gasteiger partial charge in [-0.05, 0) is 136 Å².